The summed E-state index contributed by atoms with van der Waals surface area (Å²) in [5.74, 6) is -1.76. The number of aromatic nitrogens is 3. The van der Waals surface area contributed by atoms with E-state index in [9.17, 15) is 22.8 Å². The summed E-state index contributed by atoms with van der Waals surface area (Å²) in [6.07, 6.45) is -4.73. The van der Waals surface area contributed by atoms with E-state index in [1.807, 2.05) is 0 Å². The molecule has 0 bridgehead atoms. The number of nitrogens with zero attached hydrogens (tertiary/aromatic N) is 3. The first kappa shape index (κ1) is 20.3. The Morgan fingerprint density at radius 2 is 2.12 bits per heavy atom. The molecule has 2 rings (SSSR count). The predicted octanol–water partition coefficient (Wildman–Crippen LogP) is 2.30. The number of halogens is 4. The van der Waals surface area contributed by atoms with Crippen LogP contribution in [0.15, 0.2) is 6.07 Å². The highest BCUT2D eigenvalue weighted by molar-refractivity contribution is 7.80. The molecule has 0 saturated carbocycles. The molecule has 7 nitrogen and oxygen atoms in total. The number of ether oxygens (including phenoxy) is 1. The molecule has 1 atom stereocenters. The molecule has 0 saturated heterocycles. The minimum atomic E-state index is -4.73. The van der Waals surface area contributed by atoms with Crippen molar-refractivity contribution in [3.05, 3.63) is 28.2 Å². The Hall–Kier alpha value is -2.01. The monoisotopic (exact) mass is 410 g/mol. The number of nitrogens with one attached hydrogen (secondary N) is 1. The fourth-order valence-electron chi connectivity index (χ4n) is 2.11. The lowest BCUT2D eigenvalue weighted by Crippen LogP contribution is -2.43. The van der Waals surface area contributed by atoms with Gasteiger partial charge in [-0.2, -0.15) is 30.9 Å². The summed E-state index contributed by atoms with van der Waals surface area (Å²) in [4.78, 5) is 28.0. The van der Waals surface area contributed by atoms with Gasteiger partial charge in [0.05, 0.1) is 6.61 Å². The van der Waals surface area contributed by atoms with Crippen LogP contribution < -0.4 is 5.32 Å². The topological polar surface area (TPSA) is 85.6 Å². The van der Waals surface area contributed by atoms with Crippen LogP contribution >= 0.6 is 24.2 Å². The third kappa shape index (κ3) is 4.04. The van der Waals surface area contributed by atoms with Gasteiger partial charge in [0.2, 0.25) is 0 Å². The number of fused-ring (bicyclic) bond motifs is 1. The highest BCUT2D eigenvalue weighted by atomic mass is 35.5. The van der Waals surface area contributed by atoms with Crippen molar-refractivity contribution < 1.29 is 27.5 Å². The van der Waals surface area contributed by atoms with Crippen molar-refractivity contribution in [3.63, 3.8) is 0 Å². The van der Waals surface area contributed by atoms with E-state index in [1.165, 1.54) is 6.92 Å². The van der Waals surface area contributed by atoms with Crippen molar-refractivity contribution in [1.29, 1.82) is 0 Å². The summed E-state index contributed by atoms with van der Waals surface area (Å²) in [5, 5.41) is 5.55. The molecular weight excluding hydrogens is 397 g/mol. The molecule has 0 unspecified atom stereocenters. The summed E-state index contributed by atoms with van der Waals surface area (Å²) in [5.41, 5.74) is -1.88. The standard InChI is InChI=1S/C14H14ClF3N4O3S/c1-3-25-13(24)7(5-26)20-12(23)10-9(15)11-19-6(2)4-8(14(16,17)18)22(11)21-10/h4,7,26H,3,5H2,1-2H3,(H,20,23)/t7-/m0/s1. The van der Waals surface area contributed by atoms with Crippen LogP contribution in [-0.2, 0) is 15.7 Å². The first-order chi connectivity index (χ1) is 12.1. The molecule has 0 aliphatic rings. The van der Waals surface area contributed by atoms with Crippen LogP contribution in [0.25, 0.3) is 5.65 Å². The Bertz CT molecular complexity index is 856. The van der Waals surface area contributed by atoms with E-state index in [1.54, 1.807) is 6.92 Å². The first-order valence-corrected chi connectivity index (χ1v) is 8.32. The summed E-state index contributed by atoms with van der Waals surface area (Å²) in [7, 11) is 0. The molecule has 2 aromatic rings. The van der Waals surface area contributed by atoms with Gasteiger partial charge in [-0.1, -0.05) is 11.6 Å². The second kappa shape index (κ2) is 7.70. The zero-order valence-corrected chi connectivity index (χ0v) is 15.2. The molecule has 142 valence electrons. The predicted molar refractivity (Wildman–Crippen MR) is 89.5 cm³/mol. The third-order valence-corrected chi connectivity index (χ3v) is 3.94. The normalized spacial score (nSPS) is 12.9. The lowest BCUT2D eigenvalue weighted by atomic mass is 10.3. The molecule has 0 aliphatic carbocycles. The molecule has 26 heavy (non-hydrogen) atoms. The van der Waals surface area contributed by atoms with Gasteiger partial charge in [0, 0.05) is 11.4 Å². The third-order valence-electron chi connectivity index (χ3n) is 3.23. The Balaban J connectivity index is 2.46. The Labute approximate surface area is 156 Å². The number of hydrogen-bond acceptors (Lipinski definition) is 6. The van der Waals surface area contributed by atoms with E-state index in [4.69, 9.17) is 16.3 Å². The van der Waals surface area contributed by atoms with Crippen molar-refractivity contribution in [1.82, 2.24) is 19.9 Å². The highest BCUT2D eigenvalue weighted by Gasteiger charge is 2.36. The molecule has 1 N–H and O–H groups in total. The molecule has 12 heteroatoms. The zero-order valence-electron chi connectivity index (χ0n) is 13.6. The van der Waals surface area contributed by atoms with Crippen molar-refractivity contribution in [2.75, 3.05) is 12.4 Å². The summed E-state index contributed by atoms with van der Waals surface area (Å²) < 4.78 is 44.8. The van der Waals surface area contributed by atoms with Crippen molar-refractivity contribution in [3.8, 4) is 0 Å². The zero-order chi connectivity index (χ0) is 19.6. The van der Waals surface area contributed by atoms with E-state index in [-0.39, 0.29) is 28.7 Å². The van der Waals surface area contributed by atoms with Gasteiger partial charge in [-0.15, -0.1) is 0 Å². The van der Waals surface area contributed by atoms with Gasteiger partial charge in [0.1, 0.15) is 16.8 Å². The number of rotatable bonds is 5. The number of alkyl halides is 3. The molecule has 2 aromatic heterocycles. The van der Waals surface area contributed by atoms with E-state index >= 15 is 0 Å². The Kier molecular flexibility index (Phi) is 6.02. The molecule has 2 heterocycles. The Morgan fingerprint density at radius 1 is 1.46 bits per heavy atom. The molecule has 0 spiro atoms. The Morgan fingerprint density at radius 3 is 2.65 bits per heavy atom. The van der Waals surface area contributed by atoms with E-state index in [0.717, 1.165) is 6.07 Å². The SMILES string of the molecule is CCOC(=O)[C@H](CS)NC(=O)c1nn2c(C(F)(F)F)cc(C)nc2c1Cl. The van der Waals surface area contributed by atoms with E-state index < -0.39 is 35.5 Å². The van der Waals surface area contributed by atoms with Crippen molar-refractivity contribution >= 4 is 41.8 Å². The van der Waals surface area contributed by atoms with Crippen LogP contribution in [0, 0.1) is 6.92 Å². The van der Waals surface area contributed by atoms with Crippen LogP contribution in [0.3, 0.4) is 0 Å². The maximum Gasteiger partial charge on any atom is 0.433 e. The van der Waals surface area contributed by atoms with Gasteiger partial charge in [-0.05, 0) is 19.9 Å². The maximum atomic E-state index is 13.2. The lowest BCUT2D eigenvalue weighted by Gasteiger charge is -2.14. The van der Waals surface area contributed by atoms with Crippen LogP contribution in [0.1, 0.15) is 28.8 Å². The molecule has 0 fully saturated rings. The largest absolute Gasteiger partial charge is 0.464 e. The van der Waals surface area contributed by atoms with Crippen LogP contribution in [-0.4, -0.2) is 44.9 Å². The van der Waals surface area contributed by atoms with Gasteiger partial charge in [-0.25, -0.2) is 14.3 Å². The second-order valence-electron chi connectivity index (χ2n) is 5.14. The first-order valence-electron chi connectivity index (χ1n) is 7.31. The van der Waals surface area contributed by atoms with Gasteiger partial charge < -0.3 is 10.1 Å². The summed E-state index contributed by atoms with van der Waals surface area (Å²) >= 11 is 9.95. The lowest BCUT2D eigenvalue weighted by molar-refractivity contribution is -0.145. The summed E-state index contributed by atoms with van der Waals surface area (Å²) in [6.45, 7) is 3.03. The van der Waals surface area contributed by atoms with Gasteiger partial charge in [0.15, 0.2) is 11.3 Å². The average molecular weight is 411 g/mol. The van der Waals surface area contributed by atoms with E-state index in [0.29, 0.717) is 4.52 Å². The summed E-state index contributed by atoms with van der Waals surface area (Å²) in [6, 6.07) is -0.323. The number of hydrogen-bond donors (Lipinski definition) is 2. The fraction of sp³-hybridized carbons (Fsp3) is 0.429. The highest BCUT2D eigenvalue weighted by Crippen LogP contribution is 2.32. The number of carbonyl (C=O) groups is 2. The number of amides is 1. The van der Waals surface area contributed by atoms with E-state index in [2.05, 4.69) is 28.0 Å². The molecular formula is C14H14ClF3N4O3S. The smallest absolute Gasteiger partial charge is 0.433 e. The number of thiol groups is 1. The molecule has 0 aromatic carbocycles. The van der Waals surface area contributed by atoms with Crippen LogP contribution in [0.2, 0.25) is 5.02 Å². The number of aryl methyl sites for hydroxylation is 1. The van der Waals surface area contributed by atoms with Crippen LogP contribution in [0.4, 0.5) is 13.2 Å². The van der Waals surface area contributed by atoms with Gasteiger partial charge >= 0.3 is 12.1 Å². The van der Waals surface area contributed by atoms with Gasteiger partial charge in [0.25, 0.3) is 5.91 Å². The average Bonchev–Trinajstić information content (AvgIpc) is 2.88. The maximum absolute atomic E-state index is 13.2. The molecule has 0 radical (unpaired) electrons. The molecule has 1 amide bonds. The second-order valence-corrected chi connectivity index (χ2v) is 5.88. The number of esters is 1. The minimum Gasteiger partial charge on any atom is -0.464 e. The fourth-order valence-corrected chi connectivity index (χ4v) is 2.59. The minimum absolute atomic E-state index is 0.0540. The van der Waals surface area contributed by atoms with Crippen molar-refractivity contribution in [2.45, 2.75) is 26.1 Å². The van der Waals surface area contributed by atoms with Gasteiger partial charge in [-0.3, -0.25) is 4.79 Å². The quantitative estimate of drug-likeness (QED) is 0.583. The van der Waals surface area contributed by atoms with Crippen LogP contribution in [0.5, 0.6) is 0 Å². The number of carbonyl (C=O) groups excluding carboxylic acids is 2. The molecule has 0 aliphatic heterocycles. The van der Waals surface area contributed by atoms with Crippen molar-refractivity contribution in [2.24, 2.45) is 0 Å².